The Morgan fingerprint density at radius 1 is 1.00 bits per heavy atom. The standard InChI is InChI=1S/C21H23FN4O2S/c22-14-4-6-15(7-5-14)25-11-8-24(9-12-25)10-13-26-20(27)18-16-2-1-3-17(16)29-19(18)23-21(26)28/h4-7H,1-3,8-13H2,(H,23,28). The third-order valence-corrected chi connectivity index (χ3v) is 7.26. The first-order chi connectivity index (χ1) is 14.1. The maximum Gasteiger partial charge on any atom is 0.329 e. The molecule has 8 heteroatoms. The summed E-state index contributed by atoms with van der Waals surface area (Å²) in [6.07, 6.45) is 3.03. The maximum absolute atomic E-state index is 13.1. The van der Waals surface area contributed by atoms with E-state index in [1.807, 2.05) is 0 Å². The molecule has 1 saturated heterocycles. The summed E-state index contributed by atoms with van der Waals surface area (Å²) in [7, 11) is 0. The fourth-order valence-corrected chi connectivity index (χ4v) is 5.71. The van der Waals surface area contributed by atoms with Gasteiger partial charge < -0.3 is 4.90 Å². The Labute approximate surface area is 171 Å². The van der Waals surface area contributed by atoms with Crippen molar-refractivity contribution in [3.8, 4) is 0 Å². The highest BCUT2D eigenvalue weighted by Gasteiger charge is 2.23. The predicted molar refractivity (Wildman–Crippen MR) is 114 cm³/mol. The summed E-state index contributed by atoms with van der Waals surface area (Å²) in [5.74, 6) is -0.226. The number of rotatable bonds is 4. The molecule has 1 aliphatic carbocycles. The van der Waals surface area contributed by atoms with Gasteiger partial charge in [0.1, 0.15) is 10.6 Å². The van der Waals surface area contributed by atoms with E-state index < -0.39 is 0 Å². The van der Waals surface area contributed by atoms with Crippen molar-refractivity contribution < 1.29 is 4.39 Å². The molecule has 29 heavy (non-hydrogen) atoms. The second-order valence-corrected chi connectivity index (χ2v) is 8.86. The van der Waals surface area contributed by atoms with Gasteiger partial charge in [0.05, 0.1) is 5.39 Å². The number of halogens is 1. The number of hydrogen-bond donors (Lipinski definition) is 1. The number of aryl methyl sites for hydroxylation is 2. The molecule has 152 valence electrons. The van der Waals surface area contributed by atoms with Crippen LogP contribution in [0.15, 0.2) is 33.9 Å². The number of nitrogens with one attached hydrogen (secondary N) is 1. The van der Waals surface area contributed by atoms with Crippen molar-refractivity contribution in [3.05, 3.63) is 61.4 Å². The lowest BCUT2D eigenvalue weighted by atomic mass is 10.2. The van der Waals surface area contributed by atoms with E-state index in [0.29, 0.717) is 13.1 Å². The molecule has 1 fully saturated rings. The topological polar surface area (TPSA) is 61.3 Å². The molecule has 0 amide bonds. The lowest BCUT2D eigenvalue weighted by molar-refractivity contribution is 0.246. The van der Waals surface area contributed by atoms with Crippen LogP contribution in [0.1, 0.15) is 16.9 Å². The number of nitrogens with zero attached hydrogens (tertiary/aromatic N) is 3. The van der Waals surface area contributed by atoms with Gasteiger partial charge in [-0.15, -0.1) is 11.3 Å². The number of anilines is 1. The molecule has 3 aromatic rings. The van der Waals surface area contributed by atoms with E-state index in [2.05, 4.69) is 14.8 Å². The lowest BCUT2D eigenvalue weighted by Crippen LogP contribution is -2.48. The molecule has 0 bridgehead atoms. The zero-order chi connectivity index (χ0) is 20.0. The molecular weight excluding hydrogens is 391 g/mol. The largest absolute Gasteiger partial charge is 0.369 e. The molecule has 0 atom stereocenters. The first-order valence-corrected chi connectivity index (χ1v) is 10.9. The summed E-state index contributed by atoms with van der Waals surface area (Å²) >= 11 is 1.56. The van der Waals surface area contributed by atoms with Gasteiger partial charge in [0.25, 0.3) is 5.56 Å². The van der Waals surface area contributed by atoms with Crippen LogP contribution in [0.3, 0.4) is 0 Å². The number of piperazine rings is 1. The van der Waals surface area contributed by atoms with E-state index in [1.54, 1.807) is 23.5 Å². The Morgan fingerprint density at radius 3 is 2.52 bits per heavy atom. The highest BCUT2D eigenvalue weighted by molar-refractivity contribution is 7.18. The fourth-order valence-electron chi connectivity index (χ4n) is 4.44. The number of thiophene rings is 1. The van der Waals surface area contributed by atoms with Crippen molar-refractivity contribution in [2.24, 2.45) is 0 Å². The number of H-pyrrole nitrogens is 1. The monoisotopic (exact) mass is 414 g/mol. The summed E-state index contributed by atoms with van der Waals surface area (Å²) in [4.78, 5) is 34.9. The van der Waals surface area contributed by atoms with Gasteiger partial charge >= 0.3 is 5.69 Å². The number of hydrogen-bond acceptors (Lipinski definition) is 5. The molecule has 1 N–H and O–H groups in total. The van der Waals surface area contributed by atoms with Gasteiger partial charge in [-0.05, 0) is 49.1 Å². The minimum absolute atomic E-state index is 0.145. The molecule has 3 heterocycles. The van der Waals surface area contributed by atoms with Crippen LogP contribution in [-0.2, 0) is 19.4 Å². The van der Waals surface area contributed by atoms with Crippen LogP contribution in [0, 0.1) is 5.82 Å². The van der Waals surface area contributed by atoms with Crippen LogP contribution < -0.4 is 16.1 Å². The van der Waals surface area contributed by atoms with Crippen LogP contribution in [0.5, 0.6) is 0 Å². The van der Waals surface area contributed by atoms with Crippen LogP contribution in [-0.4, -0.2) is 47.2 Å². The predicted octanol–water partition coefficient (Wildman–Crippen LogP) is 2.20. The van der Waals surface area contributed by atoms with E-state index in [1.165, 1.54) is 21.6 Å². The molecule has 0 saturated carbocycles. The van der Waals surface area contributed by atoms with Crippen LogP contribution in [0.2, 0.25) is 0 Å². The van der Waals surface area contributed by atoms with Gasteiger partial charge in [-0.1, -0.05) is 0 Å². The molecule has 0 spiro atoms. The molecule has 0 radical (unpaired) electrons. The van der Waals surface area contributed by atoms with Gasteiger partial charge in [0, 0.05) is 49.8 Å². The molecule has 5 rings (SSSR count). The number of aromatic nitrogens is 2. The third-order valence-electron chi connectivity index (χ3n) is 6.05. The molecule has 6 nitrogen and oxygen atoms in total. The summed E-state index contributed by atoms with van der Waals surface area (Å²) in [5.41, 5.74) is 1.71. The first-order valence-electron chi connectivity index (χ1n) is 10.1. The number of benzene rings is 1. The van der Waals surface area contributed by atoms with E-state index in [4.69, 9.17) is 0 Å². The van der Waals surface area contributed by atoms with Crippen LogP contribution >= 0.6 is 11.3 Å². The van der Waals surface area contributed by atoms with Crippen molar-refractivity contribution in [1.82, 2.24) is 14.5 Å². The van der Waals surface area contributed by atoms with Gasteiger partial charge in [-0.25, -0.2) is 9.18 Å². The Bertz CT molecular complexity index is 1160. The SMILES string of the molecule is O=c1[nH]c2sc3c(c2c(=O)n1CCN1CCN(c2ccc(F)cc2)CC1)CCC3. The van der Waals surface area contributed by atoms with Crippen molar-refractivity contribution in [2.45, 2.75) is 25.8 Å². The summed E-state index contributed by atoms with van der Waals surface area (Å²) in [5, 5.41) is 0.725. The first kappa shape index (κ1) is 18.6. The van der Waals surface area contributed by atoms with Crippen molar-refractivity contribution in [1.29, 1.82) is 0 Å². The Hall–Kier alpha value is -2.45. The second-order valence-electron chi connectivity index (χ2n) is 7.75. The molecule has 1 aromatic carbocycles. The molecule has 1 aliphatic heterocycles. The average molecular weight is 415 g/mol. The minimum atomic E-state index is -0.313. The molecular formula is C21H23FN4O2S. The quantitative estimate of drug-likeness (QED) is 0.711. The third kappa shape index (κ3) is 3.40. The second kappa shape index (κ2) is 7.42. The van der Waals surface area contributed by atoms with Crippen molar-refractivity contribution in [2.75, 3.05) is 37.6 Å². The van der Waals surface area contributed by atoms with Gasteiger partial charge in [-0.2, -0.15) is 0 Å². The summed E-state index contributed by atoms with van der Waals surface area (Å²) in [6, 6.07) is 6.58. The number of aromatic amines is 1. The number of fused-ring (bicyclic) bond motifs is 3. The van der Waals surface area contributed by atoms with Gasteiger partial charge in [0.15, 0.2) is 0 Å². The average Bonchev–Trinajstić information content (AvgIpc) is 3.29. The van der Waals surface area contributed by atoms with Crippen molar-refractivity contribution >= 4 is 27.2 Å². The lowest BCUT2D eigenvalue weighted by Gasteiger charge is -2.36. The van der Waals surface area contributed by atoms with E-state index >= 15 is 0 Å². The summed E-state index contributed by atoms with van der Waals surface area (Å²) in [6.45, 7) is 4.44. The smallest absolute Gasteiger partial charge is 0.329 e. The Balaban J connectivity index is 1.27. The zero-order valence-electron chi connectivity index (χ0n) is 16.1. The van der Waals surface area contributed by atoms with Gasteiger partial charge in [0.2, 0.25) is 0 Å². The maximum atomic E-state index is 13.1. The summed E-state index contributed by atoms with van der Waals surface area (Å²) < 4.78 is 14.5. The van der Waals surface area contributed by atoms with Crippen molar-refractivity contribution in [3.63, 3.8) is 0 Å². The fraction of sp³-hybridized carbons (Fsp3) is 0.429. The Kier molecular flexibility index (Phi) is 4.75. The molecule has 2 aliphatic rings. The van der Waals surface area contributed by atoms with Crippen LogP contribution in [0.4, 0.5) is 10.1 Å². The highest BCUT2D eigenvalue weighted by Crippen LogP contribution is 2.33. The zero-order valence-corrected chi connectivity index (χ0v) is 16.9. The normalized spacial score (nSPS) is 17.2. The van der Waals surface area contributed by atoms with E-state index in [-0.39, 0.29) is 17.1 Å². The van der Waals surface area contributed by atoms with Crippen LogP contribution in [0.25, 0.3) is 10.2 Å². The van der Waals surface area contributed by atoms with E-state index in [0.717, 1.165) is 66.9 Å². The van der Waals surface area contributed by atoms with Gasteiger partial charge in [-0.3, -0.25) is 19.2 Å². The minimum Gasteiger partial charge on any atom is -0.369 e. The molecule has 0 unspecified atom stereocenters. The Morgan fingerprint density at radius 2 is 1.76 bits per heavy atom. The molecule has 2 aromatic heterocycles. The highest BCUT2D eigenvalue weighted by atomic mass is 32.1. The van der Waals surface area contributed by atoms with E-state index in [9.17, 15) is 14.0 Å².